The molecule has 0 saturated carbocycles. The van der Waals surface area contributed by atoms with E-state index in [1.165, 1.54) is 25.2 Å². The number of nitrogens with zero attached hydrogens (tertiary/aromatic N) is 2. The number of hydrogen-bond acceptors (Lipinski definition) is 13. The Labute approximate surface area is 245 Å². The van der Waals surface area contributed by atoms with Crippen molar-refractivity contribution in [1.82, 2.24) is 15.1 Å². The number of aliphatic imine (C=N–C) groups is 1. The maximum atomic E-state index is 14.4. The van der Waals surface area contributed by atoms with Crippen molar-refractivity contribution in [3.05, 3.63) is 24.7 Å². The summed E-state index contributed by atoms with van der Waals surface area (Å²) in [7, 11) is -1.79. The van der Waals surface area contributed by atoms with E-state index in [1.807, 2.05) is 27.7 Å². The first-order valence-electron chi connectivity index (χ1n) is 13.6. The summed E-state index contributed by atoms with van der Waals surface area (Å²) in [6.07, 6.45) is -0.199. The number of carbonyl (C=O) groups is 3. The Morgan fingerprint density at radius 3 is 2.17 bits per heavy atom. The van der Waals surface area contributed by atoms with Gasteiger partial charge < -0.3 is 38.8 Å². The van der Waals surface area contributed by atoms with Crippen molar-refractivity contribution in [2.24, 2.45) is 22.6 Å². The standard InChI is InChI=1S/C26H42N5O10P/c1-14(2)11-17(22(32)36-7)29-42(35,30-18(12-15(3)4)23(33)37-8)38-13-19-21-26(6,41-25(34)40-21)24(39-19)31-10-9-20(27)28-16(31)5/h9-10,14-15,17-19,21,24H,5,11-13H2,1-4,6-8H3,(H2,27,28)(H2,29,30,35)/t17?,18?,19-,21+,24-,26?,42?/m1/s1. The van der Waals surface area contributed by atoms with E-state index in [0.717, 1.165) is 0 Å². The van der Waals surface area contributed by atoms with Crippen molar-refractivity contribution in [1.29, 1.82) is 0 Å². The highest BCUT2D eigenvalue weighted by atomic mass is 31.2. The fraction of sp³-hybridized carbons (Fsp3) is 0.692. The molecule has 16 heteroatoms. The quantitative estimate of drug-likeness (QED) is 0.146. The van der Waals surface area contributed by atoms with E-state index >= 15 is 0 Å². The molecule has 0 aromatic heterocycles. The largest absolute Gasteiger partial charge is 0.509 e. The van der Waals surface area contributed by atoms with Crippen LogP contribution in [0.5, 0.6) is 0 Å². The molecule has 0 aromatic carbocycles. The van der Waals surface area contributed by atoms with Gasteiger partial charge in [-0.15, -0.1) is 0 Å². The molecule has 2 fully saturated rings. The van der Waals surface area contributed by atoms with Crippen LogP contribution in [0.1, 0.15) is 47.5 Å². The maximum Gasteiger partial charge on any atom is 0.509 e. The first-order valence-corrected chi connectivity index (χ1v) is 15.2. The molecule has 0 aliphatic carbocycles. The lowest BCUT2D eigenvalue weighted by molar-refractivity contribution is -0.143. The molecule has 0 aromatic rings. The van der Waals surface area contributed by atoms with Crippen LogP contribution >= 0.6 is 7.67 Å². The predicted molar refractivity (Wildman–Crippen MR) is 151 cm³/mol. The molecule has 0 spiro atoms. The third-order valence-corrected chi connectivity index (χ3v) is 8.71. The van der Waals surface area contributed by atoms with Crippen molar-refractivity contribution in [3.8, 4) is 0 Å². The second-order valence-electron chi connectivity index (χ2n) is 11.3. The van der Waals surface area contributed by atoms with Gasteiger partial charge in [0.05, 0.1) is 20.8 Å². The Bertz CT molecular complexity index is 1120. The topological polar surface area (TPSA) is 189 Å². The van der Waals surface area contributed by atoms with Gasteiger partial charge in [-0.05, 0) is 37.7 Å². The summed E-state index contributed by atoms with van der Waals surface area (Å²) < 4.78 is 47.3. The van der Waals surface area contributed by atoms with Crippen LogP contribution in [-0.4, -0.2) is 85.8 Å². The number of nitrogens with two attached hydrogens (primary N) is 1. The van der Waals surface area contributed by atoms with Gasteiger partial charge in [-0.25, -0.2) is 20.0 Å². The minimum Gasteiger partial charge on any atom is -0.468 e. The molecule has 3 rings (SSSR count). The average molecular weight is 616 g/mol. The number of esters is 2. The number of amidine groups is 1. The first kappa shape index (κ1) is 33.5. The molecular formula is C26H42N5O10P. The van der Waals surface area contributed by atoms with E-state index in [1.54, 1.807) is 13.1 Å². The molecule has 15 nitrogen and oxygen atoms in total. The van der Waals surface area contributed by atoms with E-state index < -0.39 is 68.5 Å². The van der Waals surface area contributed by atoms with Crippen LogP contribution in [0, 0.1) is 11.8 Å². The second-order valence-corrected chi connectivity index (χ2v) is 13.2. The lowest BCUT2D eigenvalue weighted by atomic mass is 9.96. The van der Waals surface area contributed by atoms with Crippen molar-refractivity contribution in [3.63, 3.8) is 0 Å². The number of ether oxygens (including phenoxy) is 5. The summed E-state index contributed by atoms with van der Waals surface area (Å²) in [4.78, 5) is 43.2. The normalized spacial score (nSPS) is 28.1. The molecule has 3 aliphatic heterocycles. The van der Waals surface area contributed by atoms with Gasteiger partial charge in [0.15, 0.2) is 17.9 Å². The van der Waals surface area contributed by atoms with E-state index in [0.29, 0.717) is 0 Å². The number of nitrogens with one attached hydrogen (secondary N) is 2. The van der Waals surface area contributed by atoms with Gasteiger partial charge in [-0.3, -0.25) is 14.2 Å². The van der Waals surface area contributed by atoms with Gasteiger partial charge in [0.1, 0.15) is 29.8 Å². The fourth-order valence-electron chi connectivity index (χ4n) is 4.99. The zero-order chi connectivity index (χ0) is 31.4. The van der Waals surface area contributed by atoms with Gasteiger partial charge in [-0.2, -0.15) is 0 Å². The molecule has 0 amide bonds. The summed E-state index contributed by atoms with van der Waals surface area (Å²) in [6, 6.07) is -2.07. The van der Waals surface area contributed by atoms with Gasteiger partial charge in [-0.1, -0.05) is 34.3 Å². The molecule has 3 aliphatic rings. The van der Waals surface area contributed by atoms with E-state index in [9.17, 15) is 18.9 Å². The fourth-order valence-corrected chi connectivity index (χ4v) is 6.81. The Morgan fingerprint density at radius 2 is 1.69 bits per heavy atom. The summed E-state index contributed by atoms with van der Waals surface area (Å²) in [6.45, 7) is 12.7. The van der Waals surface area contributed by atoms with Crippen molar-refractivity contribution >= 4 is 31.6 Å². The number of carbonyl (C=O) groups excluding carboxylic acids is 3. The smallest absolute Gasteiger partial charge is 0.468 e. The molecule has 3 unspecified atom stereocenters. The summed E-state index contributed by atoms with van der Waals surface area (Å²) in [5.74, 6) is -0.824. The molecule has 6 atom stereocenters. The lowest BCUT2D eigenvalue weighted by Crippen LogP contribution is -2.50. The van der Waals surface area contributed by atoms with Crippen LogP contribution in [0.2, 0.25) is 0 Å². The number of hydrogen-bond donors (Lipinski definition) is 3. The Balaban J connectivity index is 1.90. The first-order chi connectivity index (χ1) is 19.6. The average Bonchev–Trinajstić information content (AvgIpc) is 3.34. The zero-order valence-corrected chi connectivity index (χ0v) is 25.9. The molecular weight excluding hydrogens is 573 g/mol. The van der Waals surface area contributed by atoms with Gasteiger partial charge in [0, 0.05) is 6.20 Å². The van der Waals surface area contributed by atoms with Crippen molar-refractivity contribution in [2.45, 2.75) is 83.6 Å². The summed E-state index contributed by atoms with van der Waals surface area (Å²) >= 11 is 0. The molecule has 42 heavy (non-hydrogen) atoms. The monoisotopic (exact) mass is 615 g/mol. The third-order valence-electron chi connectivity index (χ3n) is 6.90. The second kappa shape index (κ2) is 13.6. The third kappa shape index (κ3) is 7.70. The van der Waals surface area contributed by atoms with Gasteiger partial charge in [0.25, 0.3) is 0 Å². The molecule has 4 N–H and O–H groups in total. The van der Waals surface area contributed by atoms with Crippen molar-refractivity contribution < 1.29 is 47.2 Å². The van der Waals surface area contributed by atoms with E-state index in [4.69, 9.17) is 33.9 Å². The predicted octanol–water partition coefficient (Wildman–Crippen LogP) is 2.14. The Kier molecular flexibility index (Phi) is 10.8. The van der Waals surface area contributed by atoms with Crippen LogP contribution in [0.4, 0.5) is 4.79 Å². The van der Waals surface area contributed by atoms with Crippen LogP contribution < -0.4 is 15.9 Å². The van der Waals surface area contributed by atoms with Gasteiger partial charge >= 0.3 is 25.8 Å². The summed E-state index contributed by atoms with van der Waals surface area (Å²) in [5.41, 5.74) is 4.44. The Hall–Kier alpha value is -2.97. The SMILES string of the molecule is C=C1N=C(N)C=CN1[C@@H]1O[C@H](COP(=O)(NC(CC(C)C)C(=O)OC)NC(CC(C)C)C(=O)OC)[C@@H]2OC(=O)OC21C. The highest BCUT2D eigenvalue weighted by molar-refractivity contribution is 7.54. The molecule has 236 valence electrons. The number of rotatable bonds is 14. The maximum absolute atomic E-state index is 14.4. The lowest BCUT2D eigenvalue weighted by Gasteiger charge is -2.35. The summed E-state index contributed by atoms with van der Waals surface area (Å²) in [5, 5.41) is 5.52. The zero-order valence-electron chi connectivity index (χ0n) is 25.0. The molecule has 0 radical (unpaired) electrons. The number of methoxy groups -OCH3 is 2. The van der Waals surface area contributed by atoms with Crippen LogP contribution in [0.25, 0.3) is 0 Å². The van der Waals surface area contributed by atoms with Crippen molar-refractivity contribution in [2.75, 3.05) is 20.8 Å². The van der Waals surface area contributed by atoms with E-state index in [-0.39, 0.29) is 36.3 Å². The minimum absolute atomic E-state index is 0.0131. The minimum atomic E-state index is -4.22. The molecule has 3 heterocycles. The van der Waals surface area contributed by atoms with Crippen LogP contribution in [-0.2, 0) is 42.4 Å². The molecule has 0 bridgehead atoms. The van der Waals surface area contributed by atoms with Crippen LogP contribution in [0.3, 0.4) is 0 Å². The highest BCUT2D eigenvalue weighted by Crippen LogP contribution is 2.47. The number of fused-ring (bicyclic) bond motifs is 1. The van der Waals surface area contributed by atoms with Crippen LogP contribution in [0.15, 0.2) is 29.7 Å². The highest BCUT2D eigenvalue weighted by Gasteiger charge is 2.65. The Morgan fingerprint density at radius 1 is 1.14 bits per heavy atom. The molecule has 2 saturated heterocycles. The van der Waals surface area contributed by atoms with E-state index in [2.05, 4.69) is 21.7 Å². The van der Waals surface area contributed by atoms with Gasteiger partial charge in [0.2, 0.25) is 0 Å².